The second kappa shape index (κ2) is 13.4. The van der Waals surface area contributed by atoms with Gasteiger partial charge >= 0.3 is 0 Å². The van der Waals surface area contributed by atoms with E-state index in [1.165, 1.54) is 12.8 Å². The topological polar surface area (TPSA) is 71.7 Å². The molecule has 38 heavy (non-hydrogen) atoms. The molecule has 1 aliphatic rings. The van der Waals surface area contributed by atoms with Crippen LogP contribution in [0.2, 0.25) is 0 Å². The Bertz CT molecular complexity index is 1080. The molecule has 3 rings (SSSR count). The zero-order chi connectivity index (χ0) is 28.0. The maximum absolute atomic E-state index is 11.1. The summed E-state index contributed by atoms with van der Waals surface area (Å²) >= 11 is 0. The molecule has 1 aliphatic carbocycles. The predicted octanol–water partition coefficient (Wildman–Crippen LogP) is 6.25. The molecular weight excluding hydrogens is 472 g/mol. The van der Waals surface area contributed by atoms with Crippen LogP contribution in [0.1, 0.15) is 86.8 Å². The smallest absolute Gasteiger partial charge is 0.129 e. The molecule has 2 aromatic carbocycles. The van der Waals surface area contributed by atoms with Crippen molar-refractivity contribution in [2.24, 2.45) is 9.98 Å². The molecule has 0 heterocycles. The van der Waals surface area contributed by atoms with Gasteiger partial charge in [-0.05, 0) is 91.7 Å². The molecule has 1 saturated carbocycles. The number of rotatable bonds is 10. The molecule has 2 atom stereocenters. The van der Waals surface area contributed by atoms with Crippen LogP contribution >= 0.6 is 0 Å². The molecule has 0 saturated heterocycles. The highest BCUT2D eigenvalue weighted by molar-refractivity contribution is 6.02. The van der Waals surface area contributed by atoms with Gasteiger partial charge in [-0.15, -0.1) is 0 Å². The lowest BCUT2D eigenvalue weighted by Crippen LogP contribution is -2.50. The van der Waals surface area contributed by atoms with Crippen molar-refractivity contribution in [2.45, 2.75) is 92.4 Å². The zero-order valence-corrected chi connectivity index (χ0v) is 24.8. The standard InChI is InChI=1S/C32H48N4O2/c1-9-33-23(5)27-17-21(3)15-25(31(27)37)19-35(7)29-13-11-12-14-30(29)36(8)20-26-16-22(4)18-28(32(26)38)24(6)34-10-2/h15-18,29-30,37-38H,9-14,19-20H2,1-8H3. The van der Waals surface area contributed by atoms with E-state index in [-0.39, 0.29) is 0 Å². The van der Waals surface area contributed by atoms with Gasteiger partial charge in [0.2, 0.25) is 0 Å². The molecule has 1 fully saturated rings. The van der Waals surface area contributed by atoms with Gasteiger partial charge in [-0.1, -0.05) is 25.0 Å². The SMILES string of the molecule is CCN=C(C)c1cc(C)cc(CN(C)C2CCCCC2N(C)Cc2cc(C)cc(C(C)=NCC)c2O)c1O. The number of aryl methyl sites for hydroxylation is 2. The quantitative estimate of drug-likeness (QED) is 0.363. The third kappa shape index (κ3) is 7.03. The Hall–Kier alpha value is -2.70. The van der Waals surface area contributed by atoms with E-state index in [1.54, 1.807) is 0 Å². The van der Waals surface area contributed by atoms with E-state index in [0.717, 1.165) is 57.6 Å². The van der Waals surface area contributed by atoms with Crippen LogP contribution in [-0.2, 0) is 13.1 Å². The Kier molecular flexibility index (Phi) is 10.5. The van der Waals surface area contributed by atoms with Crippen LogP contribution in [0.5, 0.6) is 11.5 Å². The van der Waals surface area contributed by atoms with Crippen LogP contribution in [0.4, 0.5) is 0 Å². The minimum Gasteiger partial charge on any atom is -0.507 e. The van der Waals surface area contributed by atoms with Crippen molar-refractivity contribution >= 4 is 11.4 Å². The summed E-state index contributed by atoms with van der Waals surface area (Å²) in [5.41, 5.74) is 7.60. The predicted molar refractivity (Wildman–Crippen MR) is 160 cm³/mol. The fraction of sp³-hybridized carbons (Fsp3) is 0.562. The van der Waals surface area contributed by atoms with Crippen molar-refractivity contribution in [3.8, 4) is 11.5 Å². The number of benzene rings is 2. The number of phenolic OH excluding ortho intramolecular Hbond substituents is 2. The van der Waals surface area contributed by atoms with Gasteiger partial charge in [-0.3, -0.25) is 19.8 Å². The van der Waals surface area contributed by atoms with Gasteiger partial charge < -0.3 is 10.2 Å². The van der Waals surface area contributed by atoms with Crippen molar-refractivity contribution in [1.29, 1.82) is 0 Å². The minimum absolute atomic E-state index is 0.346. The first kappa shape index (κ1) is 29.9. The average Bonchev–Trinajstić information content (AvgIpc) is 2.88. The van der Waals surface area contributed by atoms with Crippen molar-refractivity contribution in [3.05, 3.63) is 57.6 Å². The van der Waals surface area contributed by atoms with Crippen LogP contribution in [-0.4, -0.2) is 70.7 Å². The van der Waals surface area contributed by atoms with E-state index in [4.69, 9.17) is 0 Å². The molecule has 0 spiro atoms. The summed E-state index contributed by atoms with van der Waals surface area (Å²) in [7, 11) is 4.36. The molecule has 0 radical (unpaired) electrons. The van der Waals surface area contributed by atoms with Crippen molar-refractivity contribution in [3.63, 3.8) is 0 Å². The normalized spacial score (nSPS) is 19.0. The number of hydrogen-bond acceptors (Lipinski definition) is 6. The maximum atomic E-state index is 11.1. The number of phenols is 2. The van der Waals surface area contributed by atoms with Crippen LogP contribution in [0.25, 0.3) is 0 Å². The van der Waals surface area contributed by atoms with E-state index < -0.39 is 0 Å². The molecule has 0 aromatic heterocycles. The van der Waals surface area contributed by atoms with E-state index >= 15 is 0 Å². The van der Waals surface area contributed by atoms with E-state index in [1.807, 2.05) is 39.8 Å². The first-order valence-corrected chi connectivity index (χ1v) is 14.2. The number of likely N-dealkylation sites (N-methyl/N-ethyl adjacent to an activating group) is 2. The Morgan fingerprint density at radius 2 is 1.11 bits per heavy atom. The minimum atomic E-state index is 0.346. The highest BCUT2D eigenvalue weighted by Crippen LogP contribution is 2.33. The second-order valence-electron chi connectivity index (χ2n) is 11.0. The first-order chi connectivity index (χ1) is 18.1. The average molecular weight is 521 g/mol. The largest absolute Gasteiger partial charge is 0.507 e. The van der Waals surface area contributed by atoms with Gasteiger partial charge in [0, 0.05) is 71.9 Å². The Morgan fingerprint density at radius 3 is 1.45 bits per heavy atom. The van der Waals surface area contributed by atoms with Gasteiger partial charge in [0.05, 0.1) is 0 Å². The molecule has 2 N–H and O–H groups in total. The van der Waals surface area contributed by atoms with E-state index in [9.17, 15) is 10.2 Å². The monoisotopic (exact) mass is 520 g/mol. The maximum Gasteiger partial charge on any atom is 0.129 e. The van der Waals surface area contributed by atoms with Crippen LogP contribution in [0.3, 0.4) is 0 Å². The van der Waals surface area contributed by atoms with E-state index in [0.29, 0.717) is 49.8 Å². The summed E-state index contributed by atoms with van der Waals surface area (Å²) in [5.74, 6) is 0.693. The fourth-order valence-electron chi connectivity index (χ4n) is 6.04. The molecular formula is C32H48N4O2. The van der Waals surface area contributed by atoms with Gasteiger partial charge in [0.1, 0.15) is 11.5 Å². The number of hydrogen-bond donors (Lipinski definition) is 2. The molecule has 2 unspecified atom stereocenters. The van der Waals surface area contributed by atoms with Crippen LogP contribution < -0.4 is 0 Å². The summed E-state index contributed by atoms with van der Waals surface area (Å²) < 4.78 is 0. The summed E-state index contributed by atoms with van der Waals surface area (Å²) in [6.45, 7) is 14.9. The van der Waals surface area contributed by atoms with Gasteiger partial charge in [-0.2, -0.15) is 0 Å². The summed E-state index contributed by atoms with van der Waals surface area (Å²) in [6.07, 6.45) is 4.65. The zero-order valence-electron chi connectivity index (χ0n) is 24.8. The highest BCUT2D eigenvalue weighted by atomic mass is 16.3. The molecule has 208 valence electrons. The lowest BCUT2D eigenvalue weighted by Gasteiger charge is -2.43. The van der Waals surface area contributed by atoms with Gasteiger partial charge in [0.15, 0.2) is 0 Å². The number of nitrogens with zero attached hydrogens (tertiary/aromatic N) is 4. The highest BCUT2D eigenvalue weighted by Gasteiger charge is 2.32. The van der Waals surface area contributed by atoms with Gasteiger partial charge in [-0.25, -0.2) is 0 Å². The van der Waals surface area contributed by atoms with Crippen LogP contribution in [0, 0.1) is 13.8 Å². The molecule has 2 aromatic rings. The second-order valence-corrected chi connectivity index (χ2v) is 11.0. The molecule has 0 aliphatic heterocycles. The fourth-order valence-corrected chi connectivity index (χ4v) is 6.04. The molecule has 0 bridgehead atoms. The summed E-state index contributed by atoms with van der Waals surface area (Å²) in [5, 5.41) is 22.3. The van der Waals surface area contributed by atoms with E-state index in [2.05, 4.69) is 59.9 Å². The van der Waals surface area contributed by atoms with Crippen molar-refractivity contribution < 1.29 is 10.2 Å². The number of aromatic hydroxyl groups is 2. The first-order valence-electron chi connectivity index (χ1n) is 14.2. The lowest BCUT2D eigenvalue weighted by atomic mass is 9.87. The van der Waals surface area contributed by atoms with Crippen molar-refractivity contribution in [1.82, 2.24) is 9.80 Å². The molecule has 0 amide bonds. The number of aliphatic imine (C=N–C) groups is 2. The Labute approximate surface area is 230 Å². The van der Waals surface area contributed by atoms with Gasteiger partial charge in [0.25, 0.3) is 0 Å². The summed E-state index contributed by atoms with van der Waals surface area (Å²) in [4.78, 5) is 13.9. The van der Waals surface area contributed by atoms with Crippen molar-refractivity contribution in [2.75, 3.05) is 27.2 Å². The third-order valence-corrected chi connectivity index (χ3v) is 7.90. The summed E-state index contributed by atoms with van der Waals surface area (Å²) in [6, 6.07) is 8.97. The lowest BCUT2D eigenvalue weighted by molar-refractivity contribution is 0.0685. The third-order valence-electron chi connectivity index (χ3n) is 7.90. The van der Waals surface area contributed by atoms with Crippen LogP contribution in [0.15, 0.2) is 34.3 Å². The molecule has 6 heteroatoms. The Balaban J connectivity index is 1.84. The Morgan fingerprint density at radius 1 is 0.737 bits per heavy atom. The molecule has 6 nitrogen and oxygen atoms in total.